The Bertz CT molecular complexity index is 527. The van der Waals surface area contributed by atoms with Gasteiger partial charge < -0.3 is 0 Å². The van der Waals surface area contributed by atoms with E-state index in [0.717, 1.165) is 3.57 Å². The maximum atomic E-state index is 12.0. The topological polar surface area (TPSA) is 63.2 Å². The molecule has 0 radical (unpaired) electrons. The van der Waals surface area contributed by atoms with Crippen LogP contribution >= 0.6 is 34.4 Å². The van der Waals surface area contributed by atoms with Gasteiger partial charge in [-0.1, -0.05) is 11.8 Å². The Hall–Kier alpha value is -0.120. The van der Waals surface area contributed by atoms with Crippen LogP contribution in [0.5, 0.6) is 0 Å². The van der Waals surface area contributed by atoms with Crippen LogP contribution in [-0.4, -0.2) is 25.3 Å². The van der Waals surface area contributed by atoms with Gasteiger partial charge >= 0.3 is 0 Å². The lowest BCUT2D eigenvalue weighted by Gasteiger charge is -2.10. The van der Waals surface area contributed by atoms with Crippen LogP contribution in [-0.2, 0) is 14.8 Å². The molecule has 1 fully saturated rings. The summed E-state index contributed by atoms with van der Waals surface area (Å²) in [5.74, 6) is 0.679. The Morgan fingerprint density at radius 1 is 1.29 bits per heavy atom. The second-order valence-corrected chi connectivity index (χ2v) is 7.64. The molecule has 1 aromatic carbocycles. The summed E-state index contributed by atoms with van der Waals surface area (Å²) in [6, 6.07) is 5.94. The highest BCUT2D eigenvalue weighted by Gasteiger charge is 2.29. The molecule has 1 saturated heterocycles. The van der Waals surface area contributed by atoms with E-state index < -0.39 is 16.1 Å². The van der Waals surface area contributed by atoms with E-state index in [-0.39, 0.29) is 10.0 Å². The molecule has 0 bridgehead atoms. The standard InChI is InChI=1S/C10H10INO3S2/c11-7-1-3-8(4-2-7)17(14,15)12-9-5-6-16-10(9)13/h1-4,9,12H,5-6H2. The van der Waals surface area contributed by atoms with E-state index in [9.17, 15) is 13.2 Å². The van der Waals surface area contributed by atoms with Gasteiger partial charge in [0.05, 0.1) is 10.9 Å². The van der Waals surface area contributed by atoms with Crippen LogP contribution in [0.2, 0.25) is 0 Å². The average molecular weight is 383 g/mol. The largest absolute Gasteiger partial charge is 0.285 e. The van der Waals surface area contributed by atoms with Crippen LogP contribution in [0.15, 0.2) is 29.2 Å². The maximum Gasteiger partial charge on any atom is 0.241 e. The van der Waals surface area contributed by atoms with E-state index in [1.54, 1.807) is 12.1 Å². The molecule has 2 rings (SSSR count). The van der Waals surface area contributed by atoms with Crippen LogP contribution in [0.1, 0.15) is 6.42 Å². The lowest BCUT2D eigenvalue weighted by Crippen LogP contribution is -2.37. The van der Waals surface area contributed by atoms with Crippen molar-refractivity contribution in [2.75, 3.05) is 5.75 Å². The van der Waals surface area contributed by atoms with Crippen molar-refractivity contribution >= 4 is 49.5 Å². The van der Waals surface area contributed by atoms with E-state index >= 15 is 0 Å². The number of carbonyl (C=O) groups excluding carboxylic acids is 1. The average Bonchev–Trinajstić information content (AvgIpc) is 2.64. The molecule has 1 heterocycles. The van der Waals surface area contributed by atoms with E-state index in [1.165, 1.54) is 23.9 Å². The Labute approximate surface area is 118 Å². The molecule has 17 heavy (non-hydrogen) atoms. The molecule has 1 atom stereocenters. The highest BCUT2D eigenvalue weighted by Crippen LogP contribution is 2.21. The van der Waals surface area contributed by atoms with E-state index in [1.807, 2.05) is 0 Å². The Morgan fingerprint density at radius 3 is 2.47 bits per heavy atom. The van der Waals surface area contributed by atoms with Crippen molar-refractivity contribution < 1.29 is 13.2 Å². The molecule has 1 aliphatic rings. The molecule has 0 saturated carbocycles. The zero-order valence-corrected chi connectivity index (χ0v) is 12.5. The van der Waals surface area contributed by atoms with Crippen molar-refractivity contribution in [2.24, 2.45) is 0 Å². The van der Waals surface area contributed by atoms with Gasteiger partial charge in [0.1, 0.15) is 0 Å². The molecule has 1 unspecified atom stereocenters. The summed E-state index contributed by atoms with van der Waals surface area (Å²) in [5, 5.41) is -0.0981. The number of carbonyl (C=O) groups is 1. The smallest absolute Gasteiger partial charge is 0.241 e. The Morgan fingerprint density at radius 2 is 1.94 bits per heavy atom. The van der Waals surface area contributed by atoms with Crippen LogP contribution < -0.4 is 4.72 Å². The molecular formula is C10H10INO3S2. The summed E-state index contributed by atoms with van der Waals surface area (Å²) >= 11 is 3.28. The van der Waals surface area contributed by atoms with E-state index in [0.29, 0.717) is 12.2 Å². The van der Waals surface area contributed by atoms with Crippen LogP contribution in [0.4, 0.5) is 0 Å². The first-order chi connectivity index (χ1) is 7.99. The fraction of sp³-hybridized carbons (Fsp3) is 0.300. The third kappa shape index (κ3) is 3.21. The molecule has 7 heteroatoms. The number of rotatable bonds is 3. The Balaban J connectivity index is 2.19. The van der Waals surface area contributed by atoms with Crippen molar-refractivity contribution in [3.63, 3.8) is 0 Å². The minimum Gasteiger partial charge on any atom is -0.285 e. The molecule has 1 aliphatic heterocycles. The lowest BCUT2D eigenvalue weighted by atomic mass is 10.3. The maximum absolute atomic E-state index is 12.0. The summed E-state index contributed by atoms with van der Waals surface area (Å²) in [6.45, 7) is 0. The number of halogens is 1. The summed E-state index contributed by atoms with van der Waals surface area (Å²) in [5.41, 5.74) is 0. The molecule has 0 amide bonds. The van der Waals surface area contributed by atoms with Crippen molar-refractivity contribution in [3.8, 4) is 0 Å². The highest BCUT2D eigenvalue weighted by atomic mass is 127. The van der Waals surface area contributed by atoms with Crippen LogP contribution in [0, 0.1) is 3.57 Å². The number of benzene rings is 1. The second-order valence-electron chi connectivity index (χ2n) is 3.58. The molecule has 0 aliphatic carbocycles. The highest BCUT2D eigenvalue weighted by molar-refractivity contribution is 14.1. The summed E-state index contributed by atoms with van der Waals surface area (Å²) < 4.78 is 27.3. The zero-order valence-electron chi connectivity index (χ0n) is 8.72. The monoisotopic (exact) mass is 383 g/mol. The van der Waals surface area contributed by atoms with Gasteiger partial charge in [-0.25, -0.2) is 8.42 Å². The molecule has 1 aromatic rings. The van der Waals surface area contributed by atoms with Gasteiger partial charge in [-0.15, -0.1) is 0 Å². The Kier molecular flexibility index (Phi) is 4.11. The molecule has 0 spiro atoms. The van der Waals surface area contributed by atoms with Gasteiger partial charge in [0.25, 0.3) is 0 Å². The first-order valence-electron chi connectivity index (χ1n) is 4.93. The third-order valence-corrected chi connectivity index (χ3v) is 5.57. The second kappa shape index (κ2) is 5.25. The zero-order chi connectivity index (χ0) is 12.5. The predicted octanol–water partition coefficient (Wildman–Crippen LogP) is 1.60. The molecule has 92 valence electrons. The quantitative estimate of drug-likeness (QED) is 0.806. The minimum absolute atomic E-state index is 0.0981. The van der Waals surface area contributed by atoms with Crippen LogP contribution in [0.25, 0.3) is 0 Å². The van der Waals surface area contributed by atoms with Gasteiger partial charge in [0.15, 0.2) is 0 Å². The van der Waals surface area contributed by atoms with Crippen molar-refractivity contribution in [3.05, 3.63) is 27.8 Å². The van der Waals surface area contributed by atoms with E-state index in [4.69, 9.17) is 0 Å². The predicted molar refractivity (Wildman–Crippen MR) is 75.4 cm³/mol. The molecule has 0 aromatic heterocycles. The van der Waals surface area contributed by atoms with Crippen molar-refractivity contribution in [1.29, 1.82) is 0 Å². The number of hydrogen-bond acceptors (Lipinski definition) is 4. The fourth-order valence-corrected chi connectivity index (χ4v) is 4.07. The van der Waals surface area contributed by atoms with Crippen molar-refractivity contribution in [2.45, 2.75) is 17.4 Å². The number of nitrogens with one attached hydrogen (secondary N) is 1. The van der Waals surface area contributed by atoms with Crippen molar-refractivity contribution in [1.82, 2.24) is 4.72 Å². The SMILES string of the molecule is O=C1SCCC1NS(=O)(=O)c1ccc(I)cc1. The summed E-state index contributed by atoms with van der Waals surface area (Å²) in [4.78, 5) is 11.6. The first kappa shape index (κ1) is 13.3. The summed E-state index contributed by atoms with van der Waals surface area (Å²) in [7, 11) is -3.58. The van der Waals surface area contributed by atoms with Crippen LogP contribution in [0.3, 0.4) is 0 Å². The summed E-state index contributed by atoms with van der Waals surface area (Å²) in [6.07, 6.45) is 0.563. The van der Waals surface area contributed by atoms with Gasteiger partial charge in [0, 0.05) is 9.32 Å². The lowest BCUT2D eigenvalue weighted by molar-refractivity contribution is -0.111. The molecule has 4 nitrogen and oxygen atoms in total. The molecular weight excluding hydrogens is 373 g/mol. The number of thioether (sulfide) groups is 1. The van der Waals surface area contributed by atoms with E-state index in [2.05, 4.69) is 27.3 Å². The number of sulfonamides is 1. The van der Waals surface area contributed by atoms with Gasteiger partial charge in [-0.05, 0) is 53.3 Å². The number of hydrogen-bond donors (Lipinski definition) is 1. The minimum atomic E-state index is -3.58. The molecule has 1 N–H and O–H groups in total. The van der Waals surface area contributed by atoms with Gasteiger partial charge in [0.2, 0.25) is 15.1 Å². The first-order valence-corrected chi connectivity index (χ1v) is 8.48. The third-order valence-electron chi connectivity index (χ3n) is 2.36. The normalized spacial score (nSPS) is 20.8. The fourth-order valence-electron chi connectivity index (χ4n) is 1.47. The van der Waals surface area contributed by atoms with Gasteiger partial charge in [-0.3, -0.25) is 4.79 Å². The van der Waals surface area contributed by atoms with Gasteiger partial charge in [-0.2, -0.15) is 4.72 Å².